The first-order chi connectivity index (χ1) is 9.43. The number of carboxylic acid groups (broad SMARTS) is 1. The molecule has 116 valence electrons. The number of alkyl halides is 2. The molecule has 0 radical (unpaired) electrons. The second-order valence-electron chi connectivity index (χ2n) is 5.20. The molecule has 1 aromatic carbocycles. The highest BCUT2D eigenvalue weighted by atomic mass is 35.5. The van der Waals surface area contributed by atoms with Crippen LogP contribution in [0.25, 0.3) is 0 Å². The number of carbonyl (C=O) groups is 2. The van der Waals surface area contributed by atoms with E-state index in [2.05, 4.69) is 5.32 Å². The predicted octanol–water partition coefficient (Wildman–Crippen LogP) is 3.86. The predicted molar refractivity (Wildman–Crippen MR) is 72.8 cm³/mol. The average Bonchev–Trinajstić information content (AvgIpc) is 2.28. The van der Waals surface area contributed by atoms with Gasteiger partial charge < -0.3 is 9.84 Å². The van der Waals surface area contributed by atoms with Crippen LogP contribution in [0.3, 0.4) is 0 Å². The third-order valence-electron chi connectivity index (χ3n) is 2.22. The maximum absolute atomic E-state index is 13.5. The molecule has 0 atom stereocenters. The molecule has 5 nitrogen and oxygen atoms in total. The van der Waals surface area contributed by atoms with Crippen molar-refractivity contribution in [1.29, 1.82) is 0 Å². The molecule has 0 bridgehead atoms. The first-order valence-corrected chi connectivity index (χ1v) is 6.22. The molecule has 0 fully saturated rings. The van der Waals surface area contributed by atoms with Gasteiger partial charge in [-0.2, -0.15) is 8.78 Å². The van der Waals surface area contributed by atoms with Crippen LogP contribution in [0.2, 0.25) is 5.02 Å². The Hall–Kier alpha value is -1.89. The van der Waals surface area contributed by atoms with E-state index in [0.717, 1.165) is 12.1 Å². The highest BCUT2D eigenvalue weighted by Gasteiger charge is 2.43. The van der Waals surface area contributed by atoms with Crippen molar-refractivity contribution >= 4 is 29.4 Å². The quantitative estimate of drug-likeness (QED) is 0.886. The summed E-state index contributed by atoms with van der Waals surface area (Å²) in [7, 11) is 0. The minimum atomic E-state index is -4.16. The van der Waals surface area contributed by atoms with Gasteiger partial charge in [0.15, 0.2) is 0 Å². The van der Waals surface area contributed by atoms with Crippen LogP contribution in [0, 0.1) is 0 Å². The summed E-state index contributed by atoms with van der Waals surface area (Å²) in [6, 6.07) is 3.12. The van der Waals surface area contributed by atoms with Gasteiger partial charge in [-0.25, -0.2) is 9.59 Å². The second-order valence-corrected chi connectivity index (χ2v) is 5.61. The summed E-state index contributed by atoms with van der Waals surface area (Å²) in [4.78, 5) is 22.1. The molecular weight excluding hydrogens is 308 g/mol. The van der Waals surface area contributed by atoms with Gasteiger partial charge in [0.25, 0.3) is 0 Å². The largest absolute Gasteiger partial charge is 0.477 e. The summed E-state index contributed by atoms with van der Waals surface area (Å²) in [6.07, 6.45) is -0.852. The number of anilines is 1. The number of hydrogen-bond acceptors (Lipinski definition) is 3. The average molecular weight is 322 g/mol. The van der Waals surface area contributed by atoms with Crippen molar-refractivity contribution in [3.05, 3.63) is 28.8 Å². The summed E-state index contributed by atoms with van der Waals surface area (Å²) in [5.41, 5.74) is -1.72. The fraction of sp³-hybridized carbons (Fsp3) is 0.385. The van der Waals surface area contributed by atoms with Crippen LogP contribution in [-0.4, -0.2) is 22.8 Å². The molecule has 0 aliphatic carbocycles. The van der Waals surface area contributed by atoms with Gasteiger partial charge >= 0.3 is 18.0 Å². The van der Waals surface area contributed by atoms with Crippen LogP contribution < -0.4 is 5.32 Å². The molecule has 0 saturated carbocycles. The zero-order valence-electron chi connectivity index (χ0n) is 11.5. The van der Waals surface area contributed by atoms with Gasteiger partial charge in [-0.1, -0.05) is 11.6 Å². The standard InChI is InChI=1S/C13H14ClF2NO4/c1-12(2,3)21-11(20)17-7-4-5-9(14)8(6-7)13(15,16)10(18)19/h4-6H,1-3H3,(H,17,20)(H,18,19). The Kier molecular flexibility index (Phi) is 4.78. The van der Waals surface area contributed by atoms with Gasteiger partial charge in [-0.3, -0.25) is 5.32 Å². The molecule has 1 amide bonds. The number of rotatable bonds is 3. The van der Waals surface area contributed by atoms with E-state index >= 15 is 0 Å². The van der Waals surface area contributed by atoms with E-state index in [1.54, 1.807) is 20.8 Å². The third-order valence-corrected chi connectivity index (χ3v) is 2.55. The van der Waals surface area contributed by atoms with Gasteiger partial charge in [0, 0.05) is 5.69 Å². The molecule has 0 saturated heterocycles. The van der Waals surface area contributed by atoms with Crippen molar-refractivity contribution in [2.24, 2.45) is 0 Å². The van der Waals surface area contributed by atoms with Crippen molar-refractivity contribution in [3.63, 3.8) is 0 Å². The van der Waals surface area contributed by atoms with E-state index < -0.39 is 34.2 Å². The number of nitrogens with one attached hydrogen (secondary N) is 1. The first kappa shape index (κ1) is 17.2. The summed E-state index contributed by atoms with van der Waals surface area (Å²) in [6.45, 7) is 4.91. The molecule has 2 N–H and O–H groups in total. The summed E-state index contributed by atoms with van der Waals surface area (Å²) < 4.78 is 32.0. The van der Waals surface area contributed by atoms with E-state index in [1.807, 2.05) is 0 Å². The highest BCUT2D eigenvalue weighted by Crippen LogP contribution is 2.35. The minimum absolute atomic E-state index is 0.0513. The zero-order valence-corrected chi connectivity index (χ0v) is 12.3. The Morgan fingerprint density at radius 3 is 2.33 bits per heavy atom. The van der Waals surface area contributed by atoms with Gasteiger partial charge in [0.05, 0.1) is 10.6 Å². The smallest absolute Gasteiger partial charge is 0.412 e. The van der Waals surface area contributed by atoms with Gasteiger partial charge in [-0.05, 0) is 39.0 Å². The molecule has 0 aromatic heterocycles. The van der Waals surface area contributed by atoms with Crippen molar-refractivity contribution < 1.29 is 28.2 Å². The lowest BCUT2D eigenvalue weighted by atomic mass is 10.1. The number of halogens is 3. The molecule has 0 heterocycles. The zero-order chi connectivity index (χ0) is 16.4. The maximum atomic E-state index is 13.5. The maximum Gasteiger partial charge on any atom is 0.412 e. The second kappa shape index (κ2) is 5.85. The van der Waals surface area contributed by atoms with E-state index in [1.165, 1.54) is 6.07 Å². The molecule has 0 aliphatic heterocycles. The Labute approximate surface area is 124 Å². The number of hydrogen-bond donors (Lipinski definition) is 2. The summed E-state index contributed by atoms with van der Waals surface area (Å²) >= 11 is 5.58. The topological polar surface area (TPSA) is 75.6 Å². The Morgan fingerprint density at radius 1 is 1.29 bits per heavy atom. The molecule has 8 heteroatoms. The van der Waals surface area contributed by atoms with Crippen LogP contribution in [0.1, 0.15) is 26.3 Å². The third kappa shape index (κ3) is 4.56. The number of benzene rings is 1. The minimum Gasteiger partial charge on any atom is -0.477 e. The Bertz CT molecular complexity index is 570. The number of ether oxygens (including phenoxy) is 1. The van der Waals surface area contributed by atoms with Crippen LogP contribution >= 0.6 is 11.6 Å². The van der Waals surface area contributed by atoms with Gasteiger partial charge in [-0.15, -0.1) is 0 Å². The van der Waals surface area contributed by atoms with Gasteiger partial charge in [0.1, 0.15) is 5.60 Å². The van der Waals surface area contributed by atoms with E-state index in [4.69, 9.17) is 21.4 Å². The summed E-state index contributed by atoms with van der Waals surface area (Å²) in [5.74, 6) is -6.50. The Morgan fingerprint density at radius 2 is 1.86 bits per heavy atom. The molecule has 21 heavy (non-hydrogen) atoms. The highest BCUT2D eigenvalue weighted by molar-refractivity contribution is 6.31. The molecule has 1 aromatic rings. The normalized spacial score (nSPS) is 11.9. The lowest BCUT2D eigenvalue weighted by Crippen LogP contribution is -2.28. The van der Waals surface area contributed by atoms with Crippen molar-refractivity contribution in [2.75, 3.05) is 5.32 Å². The molecule has 0 spiro atoms. The van der Waals surface area contributed by atoms with Crippen molar-refractivity contribution in [2.45, 2.75) is 32.3 Å². The van der Waals surface area contributed by atoms with Crippen LogP contribution in [0.15, 0.2) is 18.2 Å². The number of amides is 1. The molecule has 0 unspecified atom stereocenters. The molecular formula is C13H14ClF2NO4. The molecule has 0 aliphatic rings. The number of carboxylic acids is 1. The van der Waals surface area contributed by atoms with E-state index in [0.29, 0.717) is 0 Å². The lowest BCUT2D eigenvalue weighted by Gasteiger charge is -2.20. The number of carbonyl (C=O) groups excluding carboxylic acids is 1. The first-order valence-electron chi connectivity index (χ1n) is 5.85. The molecule has 1 rings (SSSR count). The summed E-state index contributed by atoms with van der Waals surface area (Å²) in [5, 5.41) is 10.3. The monoisotopic (exact) mass is 321 g/mol. The fourth-order valence-electron chi connectivity index (χ4n) is 1.38. The fourth-order valence-corrected chi connectivity index (χ4v) is 1.62. The van der Waals surface area contributed by atoms with Crippen LogP contribution in [0.4, 0.5) is 19.3 Å². The van der Waals surface area contributed by atoms with Crippen LogP contribution in [0.5, 0.6) is 0 Å². The van der Waals surface area contributed by atoms with E-state index in [9.17, 15) is 18.4 Å². The lowest BCUT2D eigenvalue weighted by molar-refractivity contribution is -0.166. The Balaban J connectivity index is 3.03. The number of aliphatic carboxylic acids is 1. The van der Waals surface area contributed by atoms with Crippen molar-refractivity contribution in [1.82, 2.24) is 0 Å². The van der Waals surface area contributed by atoms with E-state index in [-0.39, 0.29) is 5.69 Å². The van der Waals surface area contributed by atoms with Crippen molar-refractivity contribution in [3.8, 4) is 0 Å². The SMILES string of the molecule is CC(C)(C)OC(=O)Nc1ccc(Cl)c(C(F)(F)C(=O)O)c1. The van der Waals surface area contributed by atoms with Gasteiger partial charge in [0.2, 0.25) is 0 Å². The van der Waals surface area contributed by atoms with Crippen LogP contribution in [-0.2, 0) is 15.5 Å².